The molecule has 16 heavy (non-hydrogen) atoms. The van der Waals surface area contributed by atoms with Gasteiger partial charge >= 0.3 is 0 Å². The van der Waals surface area contributed by atoms with E-state index >= 15 is 0 Å². The third kappa shape index (κ3) is 3.63. The molecule has 0 unspecified atom stereocenters. The van der Waals surface area contributed by atoms with Gasteiger partial charge in [-0.15, -0.1) is 0 Å². The fourth-order valence-corrected chi connectivity index (χ4v) is 2.29. The smallest absolute Gasteiger partial charge is 0.220 e. The molecule has 1 amide bonds. The number of hydrogen-bond donors (Lipinski definition) is 2. The van der Waals surface area contributed by atoms with Crippen molar-refractivity contribution in [2.45, 2.75) is 38.5 Å². The predicted molar refractivity (Wildman–Crippen MR) is 65.2 cm³/mol. The number of hydrogen-bond acceptors (Lipinski definition) is 2. The van der Waals surface area contributed by atoms with Crippen LogP contribution in [-0.4, -0.2) is 25.5 Å². The molecule has 2 rings (SSSR count). The molecule has 3 nitrogen and oxygen atoms in total. The zero-order valence-corrected chi connectivity index (χ0v) is 9.93. The number of nitrogens with one attached hydrogen (secondary N) is 2. The van der Waals surface area contributed by atoms with Gasteiger partial charge in [0.2, 0.25) is 5.91 Å². The van der Waals surface area contributed by atoms with Crippen molar-refractivity contribution in [2.24, 2.45) is 5.92 Å². The Morgan fingerprint density at radius 2 is 2.38 bits per heavy atom. The molecule has 0 saturated heterocycles. The van der Waals surface area contributed by atoms with Crippen LogP contribution in [0.5, 0.6) is 0 Å². The molecule has 1 aliphatic carbocycles. The number of rotatable bonds is 5. The number of amides is 1. The molecule has 0 aromatic carbocycles. The largest absolute Gasteiger partial charge is 0.356 e. The summed E-state index contributed by atoms with van der Waals surface area (Å²) in [7, 11) is 0. The van der Waals surface area contributed by atoms with Crippen LogP contribution < -0.4 is 10.6 Å². The summed E-state index contributed by atoms with van der Waals surface area (Å²) < 4.78 is 0. The Bertz CT molecular complexity index is 269. The second-order valence-corrected chi connectivity index (χ2v) is 4.92. The van der Waals surface area contributed by atoms with E-state index in [1.807, 2.05) is 0 Å². The van der Waals surface area contributed by atoms with Crippen LogP contribution in [0, 0.1) is 5.92 Å². The van der Waals surface area contributed by atoms with Crippen LogP contribution in [0.4, 0.5) is 0 Å². The van der Waals surface area contributed by atoms with Gasteiger partial charge in [0, 0.05) is 19.5 Å². The van der Waals surface area contributed by atoms with Crippen LogP contribution in [0.2, 0.25) is 0 Å². The number of carbonyl (C=O) groups excluding carboxylic acids is 1. The summed E-state index contributed by atoms with van der Waals surface area (Å²) in [6.07, 6.45) is 8.99. The zero-order valence-electron chi connectivity index (χ0n) is 9.93. The Morgan fingerprint density at radius 3 is 3.00 bits per heavy atom. The number of carbonyl (C=O) groups is 1. The van der Waals surface area contributed by atoms with Crippen molar-refractivity contribution in [1.29, 1.82) is 0 Å². The summed E-state index contributed by atoms with van der Waals surface area (Å²) in [4.78, 5) is 11.5. The van der Waals surface area contributed by atoms with Crippen LogP contribution in [0.3, 0.4) is 0 Å². The maximum Gasteiger partial charge on any atom is 0.220 e. The fraction of sp³-hybridized carbons (Fsp3) is 0.769. The van der Waals surface area contributed by atoms with Crippen LogP contribution in [0.1, 0.15) is 38.5 Å². The van der Waals surface area contributed by atoms with E-state index in [0.29, 0.717) is 5.92 Å². The maximum absolute atomic E-state index is 11.5. The summed E-state index contributed by atoms with van der Waals surface area (Å²) in [6, 6.07) is 0. The lowest BCUT2D eigenvalue weighted by Gasteiger charge is -2.24. The van der Waals surface area contributed by atoms with E-state index in [9.17, 15) is 4.79 Å². The maximum atomic E-state index is 11.5. The zero-order chi connectivity index (χ0) is 11.2. The molecule has 3 heteroatoms. The molecular weight excluding hydrogens is 200 g/mol. The first-order valence-corrected chi connectivity index (χ1v) is 6.50. The normalized spacial score (nSPS) is 21.1. The van der Waals surface area contributed by atoms with E-state index in [1.54, 1.807) is 0 Å². The highest BCUT2D eigenvalue weighted by Crippen LogP contribution is 2.29. The highest BCUT2D eigenvalue weighted by Gasteiger charge is 2.20. The molecule has 0 bridgehead atoms. The van der Waals surface area contributed by atoms with Gasteiger partial charge in [0.25, 0.3) is 0 Å². The van der Waals surface area contributed by atoms with Gasteiger partial charge in [0.05, 0.1) is 0 Å². The van der Waals surface area contributed by atoms with E-state index in [2.05, 4.69) is 16.7 Å². The average Bonchev–Trinajstić information content (AvgIpc) is 2.25. The molecule has 0 radical (unpaired) electrons. The lowest BCUT2D eigenvalue weighted by atomic mass is 9.83. The molecule has 90 valence electrons. The van der Waals surface area contributed by atoms with Crippen molar-refractivity contribution in [3.8, 4) is 0 Å². The average molecular weight is 222 g/mol. The van der Waals surface area contributed by atoms with Gasteiger partial charge in [-0.2, -0.15) is 0 Å². The van der Waals surface area contributed by atoms with Gasteiger partial charge < -0.3 is 10.6 Å². The summed E-state index contributed by atoms with van der Waals surface area (Å²) in [5.74, 6) is 0.928. The standard InChI is InChI=1S/C13H22N2O/c16-13(10-12-2-1-3-12)15-9-6-11-4-7-14-8-5-11/h4,12,14H,1-3,5-10H2,(H,15,16). The first-order valence-electron chi connectivity index (χ1n) is 6.50. The lowest BCUT2D eigenvalue weighted by molar-refractivity contribution is -0.122. The highest BCUT2D eigenvalue weighted by atomic mass is 16.1. The molecule has 0 atom stereocenters. The Kier molecular flexibility index (Phi) is 4.40. The first-order chi connectivity index (χ1) is 7.84. The minimum atomic E-state index is 0.249. The van der Waals surface area contributed by atoms with E-state index < -0.39 is 0 Å². The van der Waals surface area contributed by atoms with Crippen molar-refractivity contribution in [2.75, 3.05) is 19.6 Å². The van der Waals surface area contributed by atoms with Gasteiger partial charge in [-0.3, -0.25) is 4.79 Å². The second-order valence-electron chi connectivity index (χ2n) is 4.92. The second kappa shape index (κ2) is 6.04. The minimum absolute atomic E-state index is 0.249. The van der Waals surface area contributed by atoms with Crippen LogP contribution in [0.25, 0.3) is 0 Å². The van der Waals surface area contributed by atoms with E-state index in [1.165, 1.54) is 24.8 Å². The van der Waals surface area contributed by atoms with Crippen LogP contribution in [0.15, 0.2) is 11.6 Å². The first kappa shape index (κ1) is 11.6. The van der Waals surface area contributed by atoms with Crippen molar-refractivity contribution in [1.82, 2.24) is 10.6 Å². The molecule has 0 spiro atoms. The molecule has 0 aromatic rings. The van der Waals surface area contributed by atoms with Crippen molar-refractivity contribution < 1.29 is 4.79 Å². The molecule has 0 aromatic heterocycles. The van der Waals surface area contributed by atoms with E-state index in [-0.39, 0.29) is 5.91 Å². The third-order valence-electron chi connectivity index (χ3n) is 3.63. The van der Waals surface area contributed by atoms with Crippen molar-refractivity contribution in [3.63, 3.8) is 0 Å². The molecule has 1 fully saturated rings. The van der Waals surface area contributed by atoms with Crippen LogP contribution >= 0.6 is 0 Å². The minimum Gasteiger partial charge on any atom is -0.356 e. The summed E-state index contributed by atoms with van der Waals surface area (Å²) in [6.45, 7) is 2.89. The van der Waals surface area contributed by atoms with Crippen molar-refractivity contribution in [3.05, 3.63) is 11.6 Å². The SMILES string of the molecule is O=C(CC1CCC1)NCCC1=CCNCC1. The van der Waals surface area contributed by atoms with Crippen molar-refractivity contribution >= 4 is 5.91 Å². The Hall–Kier alpha value is -0.830. The quantitative estimate of drug-likeness (QED) is 0.694. The predicted octanol–water partition coefficient (Wildman–Crippen LogP) is 1.60. The van der Waals surface area contributed by atoms with Crippen LogP contribution in [-0.2, 0) is 4.79 Å². The fourth-order valence-electron chi connectivity index (χ4n) is 2.29. The molecule has 1 heterocycles. The van der Waals surface area contributed by atoms with Gasteiger partial charge in [-0.25, -0.2) is 0 Å². The van der Waals surface area contributed by atoms with Gasteiger partial charge in [0.15, 0.2) is 0 Å². The van der Waals surface area contributed by atoms with E-state index in [4.69, 9.17) is 0 Å². The molecular formula is C13H22N2O. The third-order valence-corrected chi connectivity index (χ3v) is 3.63. The van der Waals surface area contributed by atoms with Gasteiger partial charge in [0.1, 0.15) is 0 Å². The molecule has 1 saturated carbocycles. The Labute approximate surface area is 97.7 Å². The molecule has 2 aliphatic rings. The van der Waals surface area contributed by atoms with Gasteiger partial charge in [-0.1, -0.05) is 18.1 Å². The van der Waals surface area contributed by atoms with E-state index in [0.717, 1.165) is 38.9 Å². The monoisotopic (exact) mass is 222 g/mol. The highest BCUT2D eigenvalue weighted by molar-refractivity contribution is 5.76. The lowest BCUT2D eigenvalue weighted by Crippen LogP contribution is -2.29. The topological polar surface area (TPSA) is 41.1 Å². The summed E-state index contributed by atoms with van der Waals surface area (Å²) in [5.41, 5.74) is 1.49. The van der Waals surface area contributed by atoms with Gasteiger partial charge in [-0.05, 0) is 38.1 Å². The Balaban J connectivity index is 1.56. The summed E-state index contributed by atoms with van der Waals surface area (Å²) in [5, 5.41) is 6.32. The summed E-state index contributed by atoms with van der Waals surface area (Å²) >= 11 is 0. The Morgan fingerprint density at radius 1 is 1.50 bits per heavy atom. The molecule has 2 N–H and O–H groups in total. The molecule has 1 aliphatic heterocycles.